The van der Waals surface area contributed by atoms with Crippen LogP contribution < -0.4 is 4.90 Å². The van der Waals surface area contributed by atoms with Crippen molar-refractivity contribution in [2.45, 2.75) is 18.9 Å². The van der Waals surface area contributed by atoms with Crippen LogP contribution in [0.25, 0.3) is 12.2 Å². The van der Waals surface area contributed by atoms with E-state index in [4.69, 9.17) is 0 Å². The molecule has 3 aromatic carbocycles. The van der Waals surface area contributed by atoms with E-state index in [0.29, 0.717) is 11.4 Å². The maximum atomic E-state index is 14.3. The molecule has 0 radical (unpaired) electrons. The van der Waals surface area contributed by atoms with Gasteiger partial charge in [0.05, 0.1) is 23.8 Å². The number of hydrogen-bond acceptors (Lipinski definition) is 3. The highest BCUT2D eigenvalue weighted by Crippen LogP contribution is 2.38. The molecule has 2 heterocycles. The third-order valence-corrected chi connectivity index (χ3v) is 7.65. The second-order valence-corrected chi connectivity index (χ2v) is 10.3. The van der Waals surface area contributed by atoms with Crippen molar-refractivity contribution < 1.29 is 19.5 Å². The number of nitrogens with zero attached hydrogens (tertiary/aromatic N) is 3. The molecule has 5 rings (SSSR count). The summed E-state index contributed by atoms with van der Waals surface area (Å²) < 4.78 is 0. The molecule has 0 spiro atoms. The molecular formula is C35H33N3O4. The molecule has 1 fully saturated rings. The Labute approximate surface area is 246 Å². The smallest absolute Gasteiger partial charge is 0.330 e. The summed E-state index contributed by atoms with van der Waals surface area (Å²) in [6.07, 6.45) is 11.1. The van der Waals surface area contributed by atoms with Crippen LogP contribution in [0.5, 0.6) is 0 Å². The maximum Gasteiger partial charge on any atom is 0.330 e. The molecule has 3 amide bonds. The lowest BCUT2D eigenvalue weighted by molar-refractivity contribution is -0.146. The molecule has 42 heavy (non-hydrogen) atoms. The average molecular weight is 560 g/mol. The van der Waals surface area contributed by atoms with Gasteiger partial charge in [-0.3, -0.25) is 9.69 Å². The van der Waals surface area contributed by atoms with Crippen molar-refractivity contribution >= 4 is 41.4 Å². The van der Waals surface area contributed by atoms with Gasteiger partial charge in [0.15, 0.2) is 0 Å². The van der Waals surface area contributed by atoms with Crippen molar-refractivity contribution in [1.29, 1.82) is 0 Å². The van der Waals surface area contributed by atoms with Gasteiger partial charge >= 0.3 is 12.0 Å². The lowest BCUT2D eigenvalue weighted by atomic mass is 9.89. The Hall–Kier alpha value is -5.17. The summed E-state index contributed by atoms with van der Waals surface area (Å²) in [4.78, 5) is 45.4. The Balaban J connectivity index is 1.46. The van der Waals surface area contributed by atoms with Crippen LogP contribution in [0.2, 0.25) is 0 Å². The summed E-state index contributed by atoms with van der Waals surface area (Å²) in [6.45, 7) is 5.76. The van der Waals surface area contributed by atoms with Crippen LogP contribution in [0.1, 0.15) is 29.5 Å². The monoisotopic (exact) mass is 559 g/mol. The van der Waals surface area contributed by atoms with Crippen LogP contribution in [-0.4, -0.2) is 58.5 Å². The highest BCUT2D eigenvalue weighted by molar-refractivity contribution is 6.06. The normalized spacial score (nSPS) is 17.3. The molecule has 1 saturated heterocycles. The number of carbonyl (C=O) groups is 3. The van der Waals surface area contributed by atoms with E-state index in [1.165, 1.54) is 4.90 Å². The summed E-state index contributed by atoms with van der Waals surface area (Å²) in [5, 5.41) is 10.3. The molecule has 212 valence electrons. The van der Waals surface area contributed by atoms with Gasteiger partial charge in [0.2, 0.25) is 5.91 Å². The Kier molecular flexibility index (Phi) is 8.48. The van der Waals surface area contributed by atoms with E-state index >= 15 is 0 Å². The fourth-order valence-electron chi connectivity index (χ4n) is 5.54. The largest absolute Gasteiger partial charge is 0.480 e. The minimum atomic E-state index is -1.22. The fourth-order valence-corrected chi connectivity index (χ4v) is 5.54. The molecule has 0 bridgehead atoms. The van der Waals surface area contributed by atoms with Gasteiger partial charge in [-0.15, -0.1) is 0 Å². The molecule has 2 atom stereocenters. The van der Waals surface area contributed by atoms with Crippen LogP contribution >= 0.6 is 0 Å². The van der Waals surface area contributed by atoms with E-state index in [2.05, 4.69) is 6.58 Å². The predicted octanol–water partition coefficient (Wildman–Crippen LogP) is 6.50. The number of allylic oxidation sites excluding steroid dienone is 4. The lowest BCUT2D eigenvalue weighted by Crippen LogP contribution is -2.61. The number of rotatable bonds is 6. The summed E-state index contributed by atoms with van der Waals surface area (Å²) in [7, 11) is 0. The minimum Gasteiger partial charge on any atom is -0.480 e. The van der Waals surface area contributed by atoms with Crippen LogP contribution in [-0.2, 0) is 9.59 Å². The number of hydrogen-bond donors (Lipinski definition) is 1. The van der Waals surface area contributed by atoms with E-state index in [9.17, 15) is 19.5 Å². The number of carboxylic acid groups (broad SMARTS) is 1. The zero-order valence-electron chi connectivity index (χ0n) is 23.5. The third kappa shape index (κ3) is 5.67. The Morgan fingerprint density at radius 3 is 2.05 bits per heavy atom. The van der Waals surface area contributed by atoms with E-state index in [-0.39, 0.29) is 25.5 Å². The minimum absolute atomic E-state index is 0.0798. The molecule has 0 saturated carbocycles. The summed E-state index contributed by atoms with van der Waals surface area (Å²) in [5.74, 6) is -1.95. The Bertz CT molecular complexity index is 1540. The van der Waals surface area contributed by atoms with E-state index in [1.54, 1.807) is 22.0 Å². The molecule has 2 aliphatic rings. The molecule has 1 unspecified atom stereocenters. The van der Waals surface area contributed by atoms with Crippen molar-refractivity contribution in [3.8, 4) is 0 Å². The molecule has 7 nitrogen and oxygen atoms in total. The number of anilines is 2. The molecule has 1 N–H and O–H groups in total. The molecule has 2 aliphatic heterocycles. The second kappa shape index (κ2) is 12.6. The molecule has 0 aromatic heterocycles. The first-order valence-corrected chi connectivity index (χ1v) is 13.9. The quantitative estimate of drug-likeness (QED) is 0.350. The fraction of sp³-hybridized carbons (Fsp3) is 0.171. The summed E-state index contributed by atoms with van der Waals surface area (Å²) >= 11 is 0. The predicted molar refractivity (Wildman–Crippen MR) is 166 cm³/mol. The number of aliphatic carboxylic acids is 1. The van der Waals surface area contributed by atoms with Gasteiger partial charge < -0.3 is 14.9 Å². The highest BCUT2D eigenvalue weighted by atomic mass is 16.4. The van der Waals surface area contributed by atoms with E-state index in [0.717, 1.165) is 22.3 Å². The van der Waals surface area contributed by atoms with E-state index < -0.39 is 24.0 Å². The summed E-state index contributed by atoms with van der Waals surface area (Å²) in [5.41, 5.74) is 4.67. The van der Waals surface area contributed by atoms with Crippen molar-refractivity contribution in [1.82, 2.24) is 9.80 Å². The molecule has 3 aromatic rings. The third-order valence-electron chi connectivity index (χ3n) is 7.65. The van der Waals surface area contributed by atoms with Gasteiger partial charge in [-0.05, 0) is 35.7 Å². The lowest BCUT2D eigenvalue weighted by Gasteiger charge is -2.42. The molecule has 0 aliphatic carbocycles. The second-order valence-electron chi connectivity index (χ2n) is 10.3. The van der Waals surface area contributed by atoms with Gasteiger partial charge in [-0.2, -0.15) is 0 Å². The number of urea groups is 1. The average Bonchev–Trinajstić information content (AvgIpc) is 3.18. The van der Waals surface area contributed by atoms with Crippen LogP contribution in [0.4, 0.5) is 16.2 Å². The van der Waals surface area contributed by atoms with Gasteiger partial charge in [0, 0.05) is 13.1 Å². The van der Waals surface area contributed by atoms with E-state index in [1.807, 2.05) is 110 Å². The Morgan fingerprint density at radius 2 is 1.45 bits per heavy atom. The first kappa shape index (κ1) is 28.4. The van der Waals surface area contributed by atoms with Crippen LogP contribution in [0.3, 0.4) is 0 Å². The molecular weight excluding hydrogens is 526 g/mol. The number of benzene rings is 3. The molecule has 7 heteroatoms. The number of carboxylic acids is 1. The first-order chi connectivity index (χ1) is 20.4. The van der Waals surface area contributed by atoms with Gasteiger partial charge in [-0.1, -0.05) is 115 Å². The van der Waals surface area contributed by atoms with Crippen molar-refractivity contribution in [3.63, 3.8) is 0 Å². The van der Waals surface area contributed by atoms with Crippen LogP contribution in [0.15, 0.2) is 115 Å². The van der Waals surface area contributed by atoms with Crippen molar-refractivity contribution in [3.05, 3.63) is 132 Å². The number of amides is 3. The highest BCUT2D eigenvalue weighted by Gasteiger charge is 2.41. The maximum absolute atomic E-state index is 14.3. The van der Waals surface area contributed by atoms with Crippen LogP contribution in [0, 0.1) is 0 Å². The zero-order chi connectivity index (χ0) is 29.6. The number of fused-ring (bicyclic) bond motifs is 2. The number of para-hydroxylation sites is 2. The SMILES string of the molecule is C=C/C=C\C=C(/C)C(C(=O)N1CCN(C(=O)N2c3ccccc3C=Cc3ccccc32)[C@H](C(=O)O)C1)c1ccccc1. The topological polar surface area (TPSA) is 81.2 Å². The standard InChI is InChI=1S/C35H33N3O4/c1-3-4-6-13-25(2)32(28-16-7-5-8-17-28)33(39)36-22-23-37(31(24-36)34(40)41)35(42)38-29-18-11-9-14-26(29)20-21-27-15-10-12-19-30(27)38/h3-21,31-32H,1,22-24H2,2H3,(H,40,41)/b6-4-,25-13+/t31-,32?/m0/s1. The van der Waals surface area contributed by atoms with Gasteiger partial charge in [0.1, 0.15) is 6.04 Å². The van der Waals surface area contributed by atoms with Crippen molar-refractivity contribution in [2.24, 2.45) is 0 Å². The number of piperazine rings is 1. The summed E-state index contributed by atoms with van der Waals surface area (Å²) in [6, 6.07) is 22.9. The first-order valence-electron chi connectivity index (χ1n) is 13.9. The Morgan fingerprint density at radius 1 is 0.857 bits per heavy atom. The van der Waals surface area contributed by atoms with Crippen molar-refractivity contribution in [2.75, 3.05) is 24.5 Å². The van der Waals surface area contributed by atoms with Gasteiger partial charge in [-0.25, -0.2) is 9.59 Å². The van der Waals surface area contributed by atoms with Gasteiger partial charge in [0.25, 0.3) is 0 Å². The number of carbonyl (C=O) groups excluding carboxylic acids is 2. The zero-order valence-corrected chi connectivity index (χ0v) is 23.5.